The molecule has 6 heteroatoms. The van der Waals surface area contributed by atoms with Gasteiger partial charge in [0.05, 0.1) is 11.4 Å². The molecule has 19 heavy (non-hydrogen) atoms. The number of nitrogens with zero attached hydrogens (tertiary/aromatic N) is 1. The minimum atomic E-state index is -3.17. The Morgan fingerprint density at radius 3 is 2.53 bits per heavy atom. The molecule has 1 amide bonds. The quantitative estimate of drug-likeness (QED) is 0.921. The van der Waals surface area contributed by atoms with Crippen molar-refractivity contribution in [3.05, 3.63) is 24.3 Å². The molecule has 1 aliphatic heterocycles. The van der Waals surface area contributed by atoms with Gasteiger partial charge >= 0.3 is 0 Å². The third kappa shape index (κ3) is 3.26. The molecular formula is C13H18N2O3S. The zero-order chi connectivity index (χ0) is 13.9. The van der Waals surface area contributed by atoms with Crippen LogP contribution >= 0.6 is 0 Å². The molecule has 0 bridgehead atoms. The van der Waals surface area contributed by atoms with Crippen molar-refractivity contribution in [2.75, 3.05) is 21.9 Å². The van der Waals surface area contributed by atoms with Gasteiger partial charge in [0.15, 0.2) is 0 Å². The van der Waals surface area contributed by atoms with E-state index in [1.807, 2.05) is 0 Å². The van der Waals surface area contributed by atoms with Crippen molar-refractivity contribution in [3.63, 3.8) is 0 Å². The molecule has 5 nitrogen and oxygen atoms in total. The largest absolute Gasteiger partial charge is 0.326 e. The molecule has 1 N–H and O–H groups in total. The van der Waals surface area contributed by atoms with Crippen molar-refractivity contribution >= 4 is 27.3 Å². The summed E-state index contributed by atoms with van der Waals surface area (Å²) in [6.07, 6.45) is 2.03. The Morgan fingerprint density at radius 2 is 1.95 bits per heavy atom. The molecule has 1 aromatic carbocycles. The van der Waals surface area contributed by atoms with Gasteiger partial charge in [0.1, 0.15) is 0 Å². The summed E-state index contributed by atoms with van der Waals surface area (Å²) in [7, 11) is -3.17. The van der Waals surface area contributed by atoms with E-state index in [9.17, 15) is 13.2 Å². The lowest BCUT2D eigenvalue weighted by Gasteiger charge is -2.28. The Hall–Kier alpha value is -1.56. The van der Waals surface area contributed by atoms with Crippen LogP contribution in [-0.4, -0.2) is 26.6 Å². The van der Waals surface area contributed by atoms with E-state index in [4.69, 9.17) is 0 Å². The van der Waals surface area contributed by atoms with Gasteiger partial charge in [-0.05, 0) is 37.1 Å². The van der Waals surface area contributed by atoms with Crippen molar-refractivity contribution in [2.45, 2.75) is 26.2 Å². The third-order valence-electron chi connectivity index (χ3n) is 3.11. The minimum Gasteiger partial charge on any atom is -0.326 e. The van der Waals surface area contributed by atoms with Gasteiger partial charge in [-0.1, -0.05) is 6.92 Å². The molecule has 104 valence electrons. The molecule has 1 fully saturated rings. The lowest BCUT2D eigenvalue weighted by atomic mass is 10.2. The second-order valence-corrected chi connectivity index (χ2v) is 6.56. The average Bonchev–Trinajstić information content (AvgIpc) is 2.39. The molecule has 1 aliphatic rings. The van der Waals surface area contributed by atoms with Crippen molar-refractivity contribution in [1.82, 2.24) is 0 Å². The zero-order valence-electron chi connectivity index (χ0n) is 10.9. The molecule has 0 saturated carbocycles. The number of nitrogens with one attached hydrogen (secondary N) is 1. The second-order valence-electron chi connectivity index (χ2n) is 4.54. The van der Waals surface area contributed by atoms with Crippen LogP contribution in [-0.2, 0) is 14.8 Å². The number of anilines is 2. The van der Waals surface area contributed by atoms with Crippen LogP contribution in [0.5, 0.6) is 0 Å². The van der Waals surface area contributed by atoms with E-state index in [0.29, 0.717) is 24.3 Å². The monoisotopic (exact) mass is 282 g/mol. The molecule has 0 unspecified atom stereocenters. The van der Waals surface area contributed by atoms with Crippen LogP contribution in [0.4, 0.5) is 11.4 Å². The van der Waals surface area contributed by atoms with Crippen LogP contribution < -0.4 is 9.62 Å². The fraction of sp³-hybridized carbons (Fsp3) is 0.462. The van der Waals surface area contributed by atoms with E-state index in [0.717, 1.165) is 12.8 Å². The summed E-state index contributed by atoms with van der Waals surface area (Å²) in [5.41, 5.74) is 1.35. The molecular weight excluding hydrogens is 264 g/mol. The van der Waals surface area contributed by atoms with E-state index in [2.05, 4.69) is 5.32 Å². The first-order valence-corrected chi connectivity index (χ1v) is 8.04. The lowest BCUT2D eigenvalue weighted by Crippen LogP contribution is -2.37. The molecule has 1 aromatic rings. The standard InChI is InChI=1S/C13H18N2O3S/c1-2-13(16)14-11-5-7-12(8-6-11)15-9-3-4-10-19(15,17)18/h5-8H,2-4,9-10H2,1H3,(H,14,16). The third-order valence-corrected chi connectivity index (χ3v) is 4.98. The molecule has 0 spiro atoms. The second kappa shape index (κ2) is 5.61. The summed E-state index contributed by atoms with van der Waals surface area (Å²) in [4.78, 5) is 11.3. The molecule has 0 atom stereocenters. The van der Waals surface area contributed by atoms with Crippen LogP contribution in [0.3, 0.4) is 0 Å². The first-order valence-electron chi connectivity index (χ1n) is 6.43. The van der Waals surface area contributed by atoms with E-state index in [-0.39, 0.29) is 11.7 Å². The topological polar surface area (TPSA) is 66.5 Å². The Labute approximate surface area is 113 Å². The fourth-order valence-electron chi connectivity index (χ4n) is 2.04. The number of hydrogen-bond acceptors (Lipinski definition) is 3. The zero-order valence-corrected chi connectivity index (χ0v) is 11.7. The van der Waals surface area contributed by atoms with Crippen molar-refractivity contribution in [1.29, 1.82) is 0 Å². The van der Waals surface area contributed by atoms with Crippen molar-refractivity contribution < 1.29 is 13.2 Å². The van der Waals surface area contributed by atoms with Gasteiger partial charge in [0, 0.05) is 18.7 Å². The van der Waals surface area contributed by atoms with Crippen LogP contribution in [0.2, 0.25) is 0 Å². The lowest BCUT2D eigenvalue weighted by molar-refractivity contribution is -0.115. The molecule has 2 rings (SSSR count). The van der Waals surface area contributed by atoms with Crippen molar-refractivity contribution in [3.8, 4) is 0 Å². The van der Waals surface area contributed by atoms with Gasteiger partial charge in [-0.2, -0.15) is 0 Å². The Bertz CT molecular complexity index is 552. The summed E-state index contributed by atoms with van der Waals surface area (Å²) < 4.78 is 25.3. The highest BCUT2D eigenvalue weighted by molar-refractivity contribution is 7.92. The van der Waals surface area contributed by atoms with Crippen LogP contribution in [0.1, 0.15) is 26.2 Å². The Balaban J connectivity index is 2.16. The normalized spacial score (nSPS) is 18.1. The van der Waals surface area contributed by atoms with Gasteiger partial charge in [0.25, 0.3) is 0 Å². The number of sulfonamides is 1. The number of carbonyl (C=O) groups excluding carboxylic acids is 1. The maximum atomic E-state index is 11.9. The number of carbonyl (C=O) groups is 1. The summed E-state index contributed by atoms with van der Waals surface area (Å²) in [6.45, 7) is 2.31. The Morgan fingerprint density at radius 1 is 1.26 bits per heavy atom. The molecule has 1 saturated heterocycles. The summed E-state index contributed by atoms with van der Waals surface area (Å²) in [5, 5.41) is 2.74. The number of rotatable bonds is 3. The van der Waals surface area contributed by atoms with Crippen LogP contribution in [0, 0.1) is 0 Å². The summed E-state index contributed by atoms with van der Waals surface area (Å²) >= 11 is 0. The SMILES string of the molecule is CCC(=O)Nc1ccc(N2CCCCS2(=O)=O)cc1. The van der Waals surface area contributed by atoms with Crippen molar-refractivity contribution in [2.24, 2.45) is 0 Å². The first kappa shape index (κ1) is 13.9. The highest BCUT2D eigenvalue weighted by Crippen LogP contribution is 2.24. The number of benzene rings is 1. The van der Waals surface area contributed by atoms with Gasteiger partial charge in [-0.15, -0.1) is 0 Å². The molecule has 0 aromatic heterocycles. The first-order chi connectivity index (χ1) is 9.03. The highest BCUT2D eigenvalue weighted by atomic mass is 32.2. The van der Waals surface area contributed by atoms with Crippen LogP contribution in [0.15, 0.2) is 24.3 Å². The fourth-order valence-corrected chi connectivity index (χ4v) is 3.68. The average molecular weight is 282 g/mol. The molecule has 0 aliphatic carbocycles. The van der Waals surface area contributed by atoms with E-state index in [1.54, 1.807) is 31.2 Å². The minimum absolute atomic E-state index is 0.0571. The number of hydrogen-bond donors (Lipinski definition) is 1. The molecule has 1 heterocycles. The maximum Gasteiger partial charge on any atom is 0.235 e. The maximum absolute atomic E-state index is 11.9. The smallest absolute Gasteiger partial charge is 0.235 e. The van der Waals surface area contributed by atoms with E-state index < -0.39 is 10.0 Å². The van der Waals surface area contributed by atoms with E-state index in [1.165, 1.54) is 4.31 Å². The highest BCUT2D eigenvalue weighted by Gasteiger charge is 2.25. The predicted octanol–water partition coefficient (Wildman–Crippen LogP) is 1.97. The van der Waals surface area contributed by atoms with Gasteiger partial charge in [-0.3, -0.25) is 9.10 Å². The van der Waals surface area contributed by atoms with Gasteiger partial charge in [0.2, 0.25) is 15.9 Å². The predicted molar refractivity (Wildman–Crippen MR) is 75.7 cm³/mol. The number of amides is 1. The summed E-state index contributed by atoms with van der Waals surface area (Å²) in [5.74, 6) is 0.153. The van der Waals surface area contributed by atoms with Gasteiger partial charge < -0.3 is 5.32 Å². The summed E-state index contributed by atoms with van der Waals surface area (Å²) in [6, 6.07) is 6.92. The van der Waals surface area contributed by atoms with E-state index >= 15 is 0 Å². The molecule has 0 radical (unpaired) electrons. The van der Waals surface area contributed by atoms with Crippen LogP contribution in [0.25, 0.3) is 0 Å². The Kier molecular flexibility index (Phi) is 4.09. The van der Waals surface area contributed by atoms with Gasteiger partial charge in [-0.25, -0.2) is 8.42 Å².